The molecule has 0 radical (unpaired) electrons. The minimum Gasteiger partial charge on any atom is -0.478 e. The molecule has 90 valence electrons. The second-order valence-electron chi connectivity index (χ2n) is 4.20. The van der Waals surface area contributed by atoms with Crippen molar-refractivity contribution in [3.63, 3.8) is 0 Å². The smallest absolute Gasteiger partial charge is 0.335 e. The van der Waals surface area contributed by atoms with Crippen molar-refractivity contribution >= 4 is 29.2 Å². The molecule has 0 unspecified atom stereocenters. The number of benzene rings is 1. The van der Waals surface area contributed by atoms with Gasteiger partial charge in [0, 0.05) is 6.42 Å². The van der Waals surface area contributed by atoms with Crippen molar-refractivity contribution < 1.29 is 14.7 Å². The number of carboxylic acids is 1. The summed E-state index contributed by atoms with van der Waals surface area (Å²) in [4.78, 5) is 22.2. The van der Waals surface area contributed by atoms with Gasteiger partial charge in [0.15, 0.2) is 0 Å². The van der Waals surface area contributed by atoms with Gasteiger partial charge in [0.1, 0.15) is 0 Å². The summed E-state index contributed by atoms with van der Waals surface area (Å²) in [6, 6.07) is 4.26. The fraction of sp³-hybridized carbons (Fsp3) is 0.333. The Hall–Kier alpha value is -1.55. The van der Waals surface area contributed by atoms with Gasteiger partial charge in [0.2, 0.25) is 5.91 Å². The molecule has 0 bridgehead atoms. The summed E-state index contributed by atoms with van der Waals surface area (Å²) in [5.74, 6) is -0.604. The number of amides is 1. The molecule has 5 heteroatoms. The van der Waals surface area contributed by atoms with Gasteiger partial charge in [-0.25, -0.2) is 4.79 Å². The zero-order chi connectivity index (χ0) is 12.4. The quantitative estimate of drug-likeness (QED) is 0.867. The number of anilines is 1. The molecule has 1 fully saturated rings. The van der Waals surface area contributed by atoms with Crippen molar-refractivity contribution in [2.24, 2.45) is 5.92 Å². The van der Waals surface area contributed by atoms with Crippen molar-refractivity contribution in [1.29, 1.82) is 0 Å². The first-order valence-electron chi connectivity index (χ1n) is 5.39. The predicted molar refractivity (Wildman–Crippen MR) is 64.4 cm³/mol. The van der Waals surface area contributed by atoms with Gasteiger partial charge in [-0.2, -0.15) is 0 Å². The number of carbonyl (C=O) groups is 2. The first-order chi connectivity index (χ1) is 8.06. The van der Waals surface area contributed by atoms with E-state index in [2.05, 4.69) is 5.32 Å². The third-order valence-corrected chi connectivity index (χ3v) is 2.97. The highest BCUT2D eigenvalue weighted by Gasteiger charge is 2.24. The SMILES string of the molecule is O=C(CC1CC1)Nc1ccc(C(=O)O)cc1Cl. The Bertz CT molecular complexity index is 469. The molecule has 0 saturated heterocycles. The molecular weight excluding hydrogens is 242 g/mol. The lowest BCUT2D eigenvalue weighted by molar-refractivity contribution is -0.116. The standard InChI is InChI=1S/C12H12ClNO3/c13-9-6-8(12(16)17)3-4-10(9)14-11(15)5-7-1-2-7/h3-4,6-7H,1-2,5H2,(H,14,15)(H,16,17). The number of hydrogen-bond acceptors (Lipinski definition) is 2. The molecular formula is C12H12ClNO3. The van der Waals surface area contributed by atoms with E-state index in [1.54, 1.807) is 0 Å². The van der Waals surface area contributed by atoms with Crippen molar-refractivity contribution in [1.82, 2.24) is 0 Å². The van der Waals surface area contributed by atoms with Gasteiger partial charge in [-0.1, -0.05) is 11.6 Å². The molecule has 0 atom stereocenters. The van der Waals surface area contributed by atoms with E-state index < -0.39 is 5.97 Å². The van der Waals surface area contributed by atoms with E-state index in [1.807, 2.05) is 0 Å². The molecule has 2 rings (SSSR count). The molecule has 1 amide bonds. The van der Waals surface area contributed by atoms with Crippen LogP contribution in [0.15, 0.2) is 18.2 Å². The van der Waals surface area contributed by atoms with E-state index in [4.69, 9.17) is 16.7 Å². The third kappa shape index (κ3) is 3.20. The summed E-state index contributed by atoms with van der Waals surface area (Å²) in [5, 5.41) is 11.7. The molecule has 2 N–H and O–H groups in total. The van der Waals surface area contributed by atoms with Crippen LogP contribution in [0.2, 0.25) is 5.02 Å². The molecule has 0 spiro atoms. The maximum absolute atomic E-state index is 11.5. The lowest BCUT2D eigenvalue weighted by Gasteiger charge is -2.07. The van der Waals surface area contributed by atoms with E-state index in [0.29, 0.717) is 18.0 Å². The Balaban J connectivity index is 2.04. The van der Waals surface area contributed by atoms with E-state index in [9.17, 15) is 9.59 Å². The van der Waals surface area contributed by atoms with Gasteiger partial charge < -0.3 is 10.4 Å². The van der Waals surface area contributed by atoms with Crippen LogP contribution in [0.25, 0.3) is 0 Å². The predicted octanol–water partition coefficient (Wildman–Crippen LogP) is 2.78. The van der Waals surface area contributed by atoms with Crippen LogP contribution in [0.5, 0.6) is 0 Å². The molecule has 0 heterocycles. The number of nitrogens with one attached hydrogen (secondary N) is 1. The summed E-state index contributed by atoms with van der Waals surface area (Å²) in [5.41, 5.74) is 0.567. The first kappa shape index (κ1) is 11.9. The largest absolute Gasteiger partial charge is 0.478 e. The number of carboxylic acid groups (broad SMARTS) is 1. The average Bonchev–Trinajstić information content (AvgIpc) is 3.04. The van der Waals surface area contributed by atoms with Crippen LogP contribution < -0.4 is 5.32 Å². The molecule has 0 aliphatic heterocycles. The first-order valence-corrected chi connectivity index (χ1v) is 5.77. The van der Waals surface area contributed by atoms with Crippen molar-refractivity contribution in [2.75, 3.05) is 5.32 Å². The minimum atomic E-state index is -1.04. The maximum atomic E-state index is 11.5. The Kier molecular flexibility index (Phi) is 3.33. The fourth-order valence-corrected chi connectivity index (χ4v) is 1.76. The molecule has 1 aliphatic rings. The summed E-state index contributed by atoms with van der Waals surface area (Å²) < 4.78 is 0. The van der Waals surface area contributed by atoms with Gasteiger partial charge in [-0.15, -0.1) is 0 Å². The summed E-state index contributed by atoms with van der Waals surface area (Å²) in [6.07, 6.45) is 2.73. The highest BCUT2D eigenvalue weighted by molar-refractivity contribution is 6.34. The molecule has 1 saturated carbocycles. The summed E-state index contributed by atoms with van der Waals surface area (Å²) in [7, 11) is 0. The van der Waals surface area contributed by atoms with Crippen molar-refractivity contribution in [3.05, 3.63) is 28.8 Å². The molecule has 4 nitrogen and oxygen atoms in total. The Morgan fingerprint density at radius 1 is 1.41 bits per heavy atom. The molecule has 1 aromatic rings. The highest BCUT2D eigenvalue weighted by atomic mass is 35.5. The van der Waals surface area contributed by atoms with Crippen LogP contribution in [0.1, 0.15) is 29.6 Å². The molecule has 17 heavy (non-hydrogen) atoms. The number of halogens is 1. The topological polar surface area (TPSA) is 66.4 Å². The molecule has 1 aliphatic carbocycles. The second-order valence-corrected chi connectivity index (χ2v) is 4.60. The van der Waals surface area contributed by atoms with Gasteiger partial charge in [-0.3, -0.25) is 4.79 Å². The van der Waals surface area contributed by atoms with Gasteiger partial charge in [0.25, 0.3) is 0 Å². The van der Waals surface area contributed by atoms with Gasteiger partial charge in [-0.05, 0) is 37.0 Å². The normalized spacial score (nSPS) is 14.4. The summed E-state index contributed by atoms with van der Waals surface area (Å²) >= 11 is 5.89. The molecule has 1 aromatic carbocycles. The van der Waals surface area contributed by atoms with Crippen LogP contribution in [0.3, 0.4) is 0 Å². The Morgan fingerprint density at radius 3 is 2.65 bits per heavy atom. The van der Waals surface area contributed by atoms with E-state index in [0.717, 1.165) is 12.8 Å². The lowest BCUT2D eigenvalue weighted by Crippen LogP contribution is -2.12. The van der Waals surface area contributed by atoms with Gasteiger partial charge in [0.05, 0.1) is 16.3 Å². The Labute approximate surface area is 104 Å². The third-order valence-electron chi connectivity index (χ3n) is 2.66. The zero-order valence-corrected chi connectivity index (χ0v) is 9.83. The summed E-state index contributed by atoms with van der Waals surface area (Å²) in [6.45, 7) is 0. The number of aromatic carboxylic acids is 1. The van der Waals surface area contributed by atoms with Crippen LogP contribution in [-0.2, 0) is 4.79 Å². The van der Waals surface area contributed by atoms with Crippen molar-refractivity contribution in [2.45, 2.75) is 19.3 Å². The monoisotopic (exact) mass is 253 g/mol. The number of rotatable bonds is 4. The van der Waals surface area contributed by atoms with Gasteiger partial charge >= 0.3 is 5.97 Å². The van der Waals surface area contributed by atoms with Crippen LogP contribution >= 0.6 is 11.6 Å². The van der Waals surface area contributed by atoms with E-state index in [1.165, 1.54) is 18.2 Å². The molecule has 0 aromatic heterocycles. The Morgan fingerprint density at radius 2 is 2.12 bits per heavy atom. The fourth-order valence-electron chi connectivity index (χ4n) is 1.53. The van der Waals surface area contributed by atoms with E-state index >= 15 is 0 Å². The minimum absolute atomic E-state index is 0.0718. The highest BCUT2D eigenvalue weighted by Crippen LogP contribution is 2.33. The average molecular weight is 254 g/mol. The van der Waals surface area contributed by atoms with Crippen molar-refractivity contribution in [3.8, 4) is 0 Å². The van der Waals surface area contributed by atoms with E-state index in [-0.39, 0.29) is 16.5 Å². The zero-order valence-electron chi connectivity index (χ0n) is 9.07. The van der Waals surface area contributed by atoms with Crippen LogP contribution in [0, 0.1) is 5.92 Å². The maximum Gasteiger partial charge on any atom is 0.335 e. The van der Waals surface area contributed by atoms with Crippen LogP contribution in [0.4, 0.5) is 5.69 Å². The second kappa shape index (κ2) is 4.75. The van der Waals surface area contributed by atoms with Crippen LogP contribution in [-0.4, -0.2) is 17.0 Å². The number of carbonyl (C=O) groups excluding carboxylic acids is 1. The lowest BCUT2D eigenvalue weighted by atomic mass is 10.2. The number of hydrogen-bond donors (Lipinski definition) is 2.